The Morgan fingerprint density at radius 1 is 0.963 bits per heavy atom. The van der Waals surface area contributed by atoms with Crippen molar-refractivity contribution in [3.63, 3.8) is 0 Å². The lowest BCUT2D eigenvalue weighted by atomic mass is 10.1. The number of methoxy groups -OCH3 is 2. The number of aryl methyl sites for hydroxylation is 1. The van der Waals surface area contributed by atoms with Crippen molar-refractivity contribution in [3.8, 4) is 0 Å². The van der Waals surface area contributed by atoms with E-state index in [-0.39, 0.29) is 16.8 Å². The van der Waals surface area contributed by atoms with Gasteiger partial charge in [-0.25, -0.2) is 14.4 Å². The normalized spacial score (nSPS) is 10.3. The average molecular weight is 368 g/mol. The molecule has 0 bridgehead atoms. The number of anilines is 1. The maximum Gasteiger partial charge on any atom is 0.339 e. The number of amides is 2. The van der Waals surface area contributed by atoms with Crippen LogP contribution in [0.4, 0.5) is 10.5 Å². The van der Waals surface area contributed by atoms with Gasteiger partial charge in [-0.2, -0.15) is 0 Å². The van der Waals surface area contributed by atoms with E-state index in [0.29, 0.717) is 0 Å². The predicted octanol–water partition coefficient (Wildman–Crippen LogP) is 3.36. The van der Waals surface area contributed by atoms with E-state index in [9.17, 15) is 14.4 Å². The van der Waals surface area contributed by atoms with Crippen molar-refractivity contribution in [2.24, 2.45) is 0 Å². The van der Waals surface area contributed by atoms with E-state index >= 15 is 0 Å². The van der Waals surface area contributed by atoms with Gasteiger partial charge in [0.05, 0.1) is 31.0 Å². The highest BCUT2D eigenvalue weighted by molar-refractivity contribution is 6.03. The van der Waals surface area contributed by atoms with Crippen LogP contribution in [0.25, 0.3) is 6.08 Å². The highest BCUT2D eigenvalue weighted by atomic mass is 16.5. The molecule has 0 radical (unpaired) electrons. The summed E-state index contributed by atoms with van der Waals surface area (Å²) in [4.78, 5) is 35.7. The van der Waals surface area contributed by atoms with E-state index in [4.69, 9.17) is 4.74 Å². The summed E-state index contributed by atoms with van der Waals surface area (Å²) in [5.41, 5.74) is 2.46. The van der Waals surface area contributed by atoms with Crippen molar-refractivity contribution >= 4 is 29.7 Å². The summed E-state index contributed by atoms with van der Waals surface area (Å²) in [5, 5.41) is 5.08. The zero-order valence-corrected chi connectivity index (χ0v) is 15.2. The van der Waals surface area contributed by atoms with Crippen LogP contribution in [0.2, 0.25) is 0 Å². The van der Waals surface area contributed by atoms with Gasteiger partial charge in [0.15, 0.2) is 0 Å². The molecule has 27 heavy (non-hydrogen) atoms. The summed E-state index contributed by atoms with van der Waals surface area (Å²) in [5.74, 6) is -1.23. The molecule has 0 aromatic heterocycles. The third-order valence-electron chi connectivity index (χ3n) is 3.63. The number of urea groups is 1. The van der Waals surface area contributed by atoms with E-state index in [2.05, 4.69) is 15.4 Å². The minimum absolute atomic E-state index is 0.114. The Bertz CT molecular complexity index is 890. The third kappa shape index (κ3) is 5.43. The molecule has 0 fully saturated rings. The summed E-state index contributed by atoms with van der Waals surface area (Å²) in [7, 11) is 2.47. The van der Waals surface area contributed by atoms with Crippen molar-refractivity contribution in [2.45, 2.75) is 6.92 Å². The number of benzene rings is 2. The lowest BCUT2D eigenvalue weighted by Crippen LogP contribution is -2.25. The van der Waals surface area contributed by atoms with Gasteiger partial charge in [-0.15, -0.1) is 0 Å². The van der Waals surface area contributed by atoms with Crippen molar-refractivity contribution in [1.82, 2.24) is 5.32 Å². The topological polar surface area (TPSA) is 93.7 Å². The standard InChI is InChI=1S/C20H20N2O5/c1-13-5-4-6-14(11-13)9-10-21-20(25)22-17-12-15(18(23)26-2)7-8-16(17)19(24)27-3/h4-12H,1-3H3,(H2,21,22,25)/b10-9+. The Kier molecular flexibility index (Phi) is 6.71. The minimum Gasteiger partial charge on any atom is -0.465 e. The molecule has 2 aromatic carbocycles. The average Bonchev–Trinajstić information content (AvgIpc) is 2.66. The second kappa shape index (κ2) is 9.19. The van der Waals surface area contributed by atoms with Crippen LogP contribution < -0.4 is 10.6 Å². The van der Waals surface area contributed by atoms with E-state index in [0.717, 1.165) is 11.1 Å². The first-order valence-corrected chi connectivity index (χ1v) is 8.06. The second-order valence-corrected chi connectivity index (χ2v) is 5.59. The number of esters is 2. The zero-order valence-electron chi connectivity index (χ0n) is 15.2. The van der Waals surface area contributed by atoms with Gasteiger partial charge in [-0.3, -0.25) is 0 Å². The van der Waals surface area contributed by atoms with Gasteiger partial charge in [0.1, 0.15) is 0 Å². The summed E-state index contributed by atoms with van der Waals surface area (Å²) < 4.78 is 9.35. The van der Waals surface area contributed by atoms with Crippen LogP contribution in [0.5, 0.6) is 0 Å². The molecule has 0 aliphatic rings. The summed E-state index contributed by atoms with van der Waals surface area (Å²) in [6, 6.07) is 11.3. The van der Waals surface area contributed by atoms with Gasteiger partial charge in [0.2, 0.25) is 0 Å². The Balaban J connectivity index is 2.14. The van der Waals surface area contributed by atoms with Crippen LogP contribution in [0.3, 0.4) is 0 Å². The molecule has 0 saturated carbocycles. The van der Waals surface area contributed by atoms with E-state index in [1.807, 2.05) is 31.2 Å². The number of rotatable bonds is 5. The van der Waals surface area contributed by atoms with Gasteiger partial charge >= 0.3 is 18.0 Å². The Morgan fingerprint density at radius 3 is 2.37 bits per heavy atom. The Hall–Kier alpha value is -3.61. The molecule has 2 N–H and O–H groups in total. The van der Waals surface area contributed by atoms with Crippen LogP contribution in [-0.4, -0.2) is 32.2 Å². The number of ether oxygens (including phenoxy) is 2. The minimum atomic E-state index is -0.642. The van der Waals surface area contributed by atoms with E-state index in [1.54, 1.807) is 6.08 Å². The number of carbonyl (C=O) groups is 3. The molecule has 2 aromatic rings. The molecule has 2 rings (SSSR count). The molecule has 140 valence electrons. The summed E-state index contributed by atoms with van der Waals surface area (Å²) in [6.07, 6.45) is 3.21. The highest BCUT2D eigenvalue weighted by Crippen LogP contribution is 2.19. The molecule has 7 heteroatoms. The van der Waals surface area contributed by atoms with Gasteiger partial charge in [-0.05, 0) is 36.8 Å². The maximum absolute atomic E-state index is 12.1. The monoisotopic (exact) mass is 368 g/mol. The molecule has 0 aliphatic carbocycles. The summed E-state index contributed by atoms with van der Waals surface area (Å²) in [6.45, 7) is 1.97. The van der Waals surface area contributed by atoms with Crippen molar-refractivity contribution in [3.05, 3.63) is 70.9 Å². The quantitative estimate of drug-likeness (QED) is 0.789. The van der Waals surface area contributed by atoms with Gasteiger partial charge in [-0.1, -0.05) is 29.8 Å². The Morgan fingerprint density at radius 2 is 1.70 bits per heavy atom. The fourth-order valence-electron chi connectivity index (χ4n) is 2.33. The van der Waals surface area contributed by atoms with Gasteiger partial charge < -0.3 is 20.1 Å². The van der Waals surface area contributed by atoms with Gasteiger partial charge in [0, 0.05) is 6.20 Å². The van der Waals surface area contributed by atoms with Crippen LogP contribution in [-0.2, 0) is 9.47 Å². The van der Waals surface area contributed by atoms with Gasteiger partial charge in [0.25, 0.3) is 0 Å². The fraction of sp³-hybridized carbons (Fsp3) is 0.150. The fourth-order valence-corrected chi connectivity index (χ4v) is 2.33. The highest BCUT2D eigenvalue weighted by Gasteiger charge is 2.17. The molecule has 7 nitrogen and oxygen atoms in total. The van der Waals surface area contributed by atoms with E-state index in [1.165, 1.54) is 38.6 Å². The first-order chi connectivity index (χ1) is 12.9. The SMILES string of the molecule is COC(=O)c1ccc(C(=O)OC)c(NC(=O)N/C=C/c2cccc(C)c2)c1. The zero-order chi connectivity index (χ0) is 19.8. The van der Waals surface area contributed by atoms with Crippen molar-refractivity contribution in [2.75, 3.05) is 19.5 Å². The molecule has 0 spiro atoms. The third-order valence-corrected chi connectivity index (χ3v) is 3.63. The molecule has 0 heterocycles. The lowest BCUT2D eigenvalue weighted by molar-refractivity contribution is 0.0587. The maximum atomic E-state index is 12.1. The lowest BCUT2D eigenvalue weighted by Gasteiger charge is -2.11. The Labute approximate surface area is 157 Å². The van der Waals surface area contributed by atoms with Crippen LogP contribution in [0, 0.1) is 6.92 Å². The summed E-state index contributed by atoms with van der Waals surface area (Å²) >= 11 is 0. The van der Waals surface area contributed by atoms with E-state index < -0.39 is 18.0 Å². The molecule has 0 atom stereocenters. The number of carbonyl (C=O) groups excluding carboxylic acids is 3. The number of hydrogen-bond acceptors (Lipinski definition) is 5. The molecule has 0 saturated heterocycles. The predicted molar refractivity (Wildman–Crippen MR) is 101 cm³/mol. The largest absolute Gasteiger partial charge is 0.465 e. The first kappa shape index (κ1) is 19.7. The molecular formula is C20H20N2O5. The molecule has 0 unspecified atom stereocenters. The molecule has 2 amide bonds. The number of nitrogens with one attached hydrogen (secondary N) is 2. The number of hydrogen-bond donors (Lipinski definition) is 2. The smallest absolute Gasteiger partial charge is 0.339 e. The second-order valence-electron chi connectivity index (χ2n) is 5.59. The van der Waals surface area contributed by atoms with Crippen LogP contribution in [0.1, 0.15) is 31.8 Å². The first-order valence-electron chi connectivity index (χ1n) is 8.06. The van der Waals surface area contributed by atoms with Crippen molar-refractivity contribution in [1.29, 1.82) is 0 Å². The van der Waals surface area contributed by atoms with Crippen LogP contribution >= 0.6 is 0 Å². The molecular weight excluding hydrogens is 348 g/mol. The van der Waals surface area contributed by atoms with Crippen LogP contribution in [0.15, 0.2) is 48.7 Å². The molecule has 0 aliphatic heterocycles. The van der Waals surface area contributed by atoms with Crippen molar-refractivity contribution < 1.29 is 23.9 Å².